The number of nitrogens with zero attached hydrogens (tertiary/aromatic N) is 5. The van der Waals surface area contributed by atoms with Crippen molar-refractivity contribution >= 4 is 17.5 Å². The van der Waals surface area contributed by atoms with Crippen molar-refractivity contribution in [1.82, 2.24) is 15.0 Å². The van der Waals surface area contributed by atoms with E-state index in [1.165, 1.54) is 36.1 Å². The summed E-state index contributed by atoms with van der Waals surface area (Å²) < 4.78 is 59.2. The molecule has 0 radical (unpaired) electrons. The van der Waals surface area contributed by atoms with Crippen molar-refractivity contribution in [3.63, 3.8) is 0 Å². The molecule has 2 fully saturated rings. The van der Waals surface area contributed by atoms with Crippen molar-refractivity contribution in [3.05, 3.63) is 76.7 Å². The maximum absolute atomic E-state index is 14.9. The summed E-state index contributed by atoms with van der Waals surface area (Å²) in [6.45, 7) is 0.805. The van der Waals surface area contributed by atoms with E-state index in [1.807, 2.05) is 6.07 Å². The van der Waals surface area contributed by atoms with Crippen LogP contribution in [0.5, 0.6) is 0 Å². The smallest absolute Gasteiger partial charge is 0.385 e. The van der Waals surface area contributed by atoms with Crippen LogP contribution in [-0.4, -0.2) is 44.0 Å². The minimum atomic E-state index is -4.53. The lowest BCUT2D eigenvalue weighted by atomic mass is 9.65. The first-order valence-electron chi connectivity index (χ1n) is 11.9. The third-order valence-corrected chi connectivity index (χ3v) is 7.09. The zero-order valence-electron chi connectivity index (χ0n) is 20.4. The van der Waals surface area contributed by atoms with E-state index in [4.69, 9.17) is 9.78 Å². The lowest BCUT2D eigenvalue weighted by Gasteiger charge is -2.56. The van der Waals surface area contributed by atoms with E-state index in [0.29, 0.717) is 5.56 Å². The zero-order chi connectivity index (χ0) is 28.1. The number of anilines is 1. The number of aromatic nitrogens is 2. The average molecular weight is 543 g/mol. The number of hydrogen-bond donors (Lipinski definition) is 1. The molecule has 2 heterocycles. The Morgan fingerprint density at radius 3 is 2.46 bits per heavy atom. The average Bonchev–Trinajstić information content (AvgIpc) is 3.35. The van der Waals surface area contributed by atoms with Gasteiger partial charge in [-0.1, -0.05) is 17.3 Å². The second-order valence-corrected chi connectivity index (χ2v) is 9.65. The number of carbonyl (C=O) groups excluding carboxylic acids is 2. The summed E-state index contributed by atoms with van der Waals surface area (Å²) in [5, 5.41) is 22.5. The Kier molecular flexibility index (Phi) is 6.38. The van der Waals surface area contributed by atoms with E-state index in [9.17, 15) is 32.3 Å². The van der Waals surface area contributed by atoms with Gasteiger partial charge in [0.05, 0.1) is 22.9 Å². The predicted molar refractivity (Wildman–Crippen MR) is 125 cm³/mol. The van der Waals surface area contributed by atoms with E-state index in [2.05, 4.69) is 10.1 Å². The maximum atomic E-state index is 14.9. The van der Waals surface area contributed by atoms with Crippen LogP contribution in [0.4, 0.5) is 23.2 Å². The standard InChI is InChI=1S/C26H21F4N5O4/c1-14(36)22-32-23(39-33-22)17-9-25(10-17)24(38)34(20-7-4-16(11-31)8-19(20)27)13-21(37)35(25)12-15-2-5-18(6-3-15)26(28,29)30/h2-8,14,17,36H,9-10,12-13H2,1H3. The van der Waals surface area contributed by atoms with Crippen LogP contribution in [0.3, 0.4) is 0 Å². The first-order valence-corrected chi connectivity index (χ1v) is 11.9. The molecule has 2 aromatic carbocycles. The summed E-state index contributed by atoms with van der Waals surface area (Å²) in [7, 11) is 0. The van der Waals surface area contributed by atoms with Gasteiger partial charge in [-0.2, -0.15) is 23.4 Å². The third kappa shape index (κ3) is 4.61. The van der Waals surface area contributed by atoms with Gasteiger partial charge in [0.25, 0.3) is 5.91 Å². The number of halogens is 4. The van der Waals surface area contributed by atoms with Crippen LogP contribution >= 0.6 is 0 Å². The Morgan fingerprint density at radius 1 is 1.21 bits per heavy atom. The Bertz CT molecular complexity index is 1470. The number of piperazine rings is 1. The lowest BCUT2D eigenvalue weighted by molar-refractivity contribution is -0.160. The van der Waals surface area contributed by atoms with Crippen molar-refractivity contribution in [1.29, 1.82) is 5.26 Å². The van der Waals surface area contributed by atoms with Gasteiger partial charge in [0.1, 0.15) is 24.0 Å². The molecule has 5 rings (SSSR count). The van der Waals surface area contributed by atoms with E-state index in [-0.39, 0.29) is 42.4 Å². The minimum Gasteiger partial charge on any atom is -0.385 e. The fraction of sp³-hybridized carbons (Fsp3) is 0.346. The third-order valence-electron chi connectivity index (χ3n) is 7.09. The highest BCUT2D eigenvalue weighted by atomic mass is 19.4. The first kappa shape index (κ1) is 26.3. The van der Waals surface area contributed by atoms with Crippen LogP contribution in [-0.2, 0) is 22.3 Å². The number of nitriles is 1. The molecule has 202 valence electrons. The van der Waals surface area contributed by atoms with Gasteiger partial charge in [0, 0.05) is 12.5 Å². The number of amides is 2. The first-order chi connectivity index (χ1) is 18.4. The Balaban J connectivity index is 1.48. The molecule has 1 saturated carbocycles. The molecule has 1 aliphatic carbocycles. The number of carbonyl (C=O) groups is 2. The summed E-state index contributed by atoms with van der Waals surface area (Å²) in [4.78, 5) is 33.8. The molecule has 9 nitrogen and oxygen atoms in total. The highest BCUT2D eigenvalue weighted by molar-refractivity contribution is 6.10. The molecule has 0 bridgehead atoms. The van der Waals surface area contributed by atoms with Crippen LogP contribution in [0.2, 0.25) is 0 Å². The maximum Gasteiger partial charge on any atom is 0.416 e. The number of rotatable bonds is 5. The van der Waals surface area contributed by atoms with Gasteiger partial charge in [-0.3, -0.25) is 14.5 Å². The topological polar surface area (TPSA) is 124 Å². The van der Waals surface area contributed by atoms with Crippen LogP contribution in [0.25, 0.3) is 0 Å². The van der Waals surface area contributed by atoms with Gasteiger partial charge in [-0.05, 0) is 55.7 Å². The summed E-state index contributed by atoms with van der Waals surface area (Å²) in [6.07, 6.45) is -5.44. The highest BCUT2D eigenvalue weighted by Crippen LogP contribution is 2.51. The van der Waals surface area contributed by atoms with E-state index < -0.39 is 53.5 Å². The molecule has 1 unspecified atom stereocenters. The fourth-order valence-corrected chi connectivity index (χ4v) is 5.02. The molecule has 2 amide bonds. The lowest BCUT2D eigenvalue weighted by Crippen LogP contribution is -2.72. The summed E-state index contributed by atoms with van der Waals surface area (Å²) >= 11 is 0. The molecule has 1 spiro atoms. The molecule has 1 aliphatic heterocycles. The summed E-state index contributed by atoms with van der Waals surface area (Å²) in [5.74, 6) is -2.21. The molecule has 39 heavy (non-hydrogen) atoms. The molecular formula is C26H21F4N5O4. The SMILES string of the molecule is CC(O)c1noc(C2CC3(C2)C(=O)N(c2ccc(C#N)cc2F)CC(=O)N3Cc2ccc(C(F)(F)F)cc2)n1. The van der Waals surface area contributed by atoms with Gasteiger partial charge < -0.3 is 14.5 Å². The molecule has 3 aromatic rings. The van der Waals surface area contributed by atoms with E-state index in [0.717, 1.165) is 23.1 Å². The van der Waals surface area contributed by atoms with Crippen molar-refractivity contribution in [2.75, 3.05) is 11.4 Å². The van der Waals surface area contributed by atoms with Crippen LogP contribution in [0.15, 0.2) is 47.0 Å². The molecule has 1 N–H and O–H groups in total. The van der Waals surface area contributed by atoms with Crippen molar-refractivity contribution in [2.45, 2.75) is 50.0 Å². The summed E-state index contributed by atoms with van der Waals surface area (Å²) in [5.41, 5.74) is -2.06. The summed E-state index contributed by atoms with van der Waals surface area (Å²) in [6, 6.07) is 9.63. The normalized spacial score (nSPS) is 22.1. The molecule has 1 aromatic heterocycles. The van der Waals surface area contributed by atoms with Crippen molar-refractivity contribution < 1.29 is 36.8 Å². The second-order valence-electron chi connectivity index (χ2n) is 9.65. The number of alkyl halides is 3. The Labute approximate surface area is 219 Å². The monoisotopic (exact) mass is 543 g/mol. The predicted octanol–water partition coefficient (Wildman–Crippen LogP) is 3.84. The van der Waals surface area contributed by atoms with Gasteiger partial charge in [0.15, 0.2) is 5.82 Å². The van der Waals surface area contributed by atoms with Gasteiger partial charge >= 0.3 is 6.18 Å². The number of hydrogen-bond acceptors (Lipinski definition) is 7. The molecule has 1 saturated heterocycles. The number of benzene rings is 2. The zero-order valence-corrected chi connectivity index (χ0v) is 20.4. The fourth-order valence-electron chi connectivity index (χ4n) is 5.02. The van der Waals surface area contributed by atoms with Crippen molar-refractivity contribution in [3.8, 4) is 6.07 Å². The Hall–Kier alpha value is -4.31. The van der Waals surface area contributed by atoms with Crippen LogP contribution < -0.4 is 4.90 Å². The van der Waals surface area contributed by atoms with Crippen molar-refractivity contribution in [2.24, 2.45) is 0 Å². The minimum absolute atomic E-state index is 0.0358. The Morgan fingerprint density at radius 2 is 1.90 bits per heavy atom. The van der Waals surface area contributed by atoms with E-state index in [1.54, 1.807) is 0 Å². The second kappa shape index (κ2) is 9.46. The molecule has 2 aliphatic rings. The molecule has 13 heteroatoms. The highest BCUT2D eigenvalue weighted by Gasteiger charge is 2.61. The number of aliphatic hydroxyl groups is 1. The molecular weight excluding hydrogens is 522 g/mol. The number of aliphatic hydroxyl groups excluding tert-OH is 1. The quantitative estimate of drug-likeness (QED) is 0.485. The largest absolute Gasteiger partial charge is 0.416 e. The van der Waals surface area contributed by atoms with E-state index >= 15 is 0 Å². The molecule has 1 atom stereocenters. The van der Waals surface area contributed by atoms with Crippen LogP contribution in [0.1, 0.15) is 60.2 Å². The van der Waals surface area contributed by atoms with Gasteiger partial charge in [-0.25, -0.2) is 4.39 Å². The van der Waals surface area contributed by atoms with Gasteiger partial charge in [0.2, 0.25) is 11.8 Å². The van der Waals surface area contributed by atoms with Gasteiger partial charge in [-0.15, -0.1) is 0 Å². The van der Waals surface area contributed by atoms with Crippen LogP contribution in [0, 0.1) is 17.1 Å².